The molecule has 2 amide bonds. The third kappa shape index (κ3) is 4.73. The van der Waals surface area contributed by atoms with Crippen LogP contribution in [-0.4, -0.2) is 29.8 Å². The molecule has 0 atom stereocenters. The lowest BCUT2D eigenvalue weighted by Gasteiger charge is -2.38. The Morgan fingerprint density at radius 2 is 1.44 bits per heavy atom. The average Bonchev–Trinajstić information content (AvgIpc) is 3.66. The molecule has 0 aromatic heterocycles. The van der Waals surface area contributed by atoms with Crippen molar-refractivity contribution < 1.29 is 18.4 Å². The lowest BCUT2D eigenvalue weighted by Crippen LogP contribution is -2.45. The van der Waals surface area contributed by atoms with E-state index in [1.165, 1.54) is 18.6 Å². The first-order chi connectivity index (χ1) is 16.4. The molecule has 2 aromatic rings. The normalized spacial score (nSPS) is 20.7. The second kappa shape index (κ2) is 9.47. The number of piperidine rings is 1. The molecular weight excluding hydrogens is 434 g/mol. The molecule has 4 nitrogen and oxygen atoms in total. The van der Waals surface area contributed by atoms with Crippen LogP contribution in [-0.2, 0) is 9.59 Å². The predicted octanol–water partition coefficient (Wildman–Crippen LogP) is 6.17. The van der Waals surface area contributed by atoms with Crippen LogP contribution in [0.5, 0.6) is 0 Å². The molecule has 1 heterocycles. The first kappa shape index (κ1) is 23.0. The number of rotatable bonds is 5. The topological polar surface area (TPSA) is 49.4 Å². The highest BCUT2D eigenvalue weighted by Gasteiger charge is 2.55. The van der Waals surface area contributed by atoms with E-state index in [-0.39, 0.29) is 17.2 Å². The van der Waals surface area contributed by atoms with Crippen molar-refractivity contribution in [1.82, 2.24) is 4.90 Å². The van der Waals surface area contributed by atoms with Crippen molar-refractivity contribution in [3.05, 3.63) is 54.1 Å². The van der Waals surface area contributed by atoms with Gasteiger partial charge in [-0.15, -0.1) is 0 Å². The second-order valence-corrected chi connectivity index (χ2v) is 10.3. The van der Waals surface area contributed by atoms with E-state index in [0.717, 1.165) is 70.5 Å². The van der Waals surface area contributed by atoms with Gasteiger partial charge in [-0.25, -0.2) is 8.78 Å². The van der Waals surface area contributed by atoms with Crippen LogP contribution in [0.2, 0.25) is 0 Å². The molecule has 180 valence electrons. The van der Waals surface area contributed by atoms with E-state index >= 15 is 0 Å². The minimum Gasteiger partial charge on any atom is -0.342 e. The van der Waals surface area contributed by atoms with E-state index in [1.807, 2.05) is 4.90 Å². The van der Waals surface area contributed by atoms with Gasteiger partial charge in [0.2, 0.25) is 11.8 Å². The van der Waals surface area contributed by atoms with E-state index in [0.29, 0.717) is 28.6 Å². The number of nitrogens with zero attached hydrogens (tertiary/aromatic N) is 1. The minimum absolute atomic E-state index is 0.0501. The van der Waals surface area contributed by atoms with Crippen LogP contribution in [0.25, 0.3) is 11.1 Å². The highest BCUT2D eigenvalue weighted by atomic mass is 19.1. The second-order valence-electron chi connectivity index (χ2n) is 10.3. The summed E-state index contributed by atoms with van der Waals surface area (Å²) in [7, 11) is 0. The summed E-state index contributed by atoms with van der Waals surface area (Å²) in [6.07, 6.45) is 9.17. The van der Waals surface area contributed by atoms with Gasteiger partial charge in [0.25, 0.3) is 0 Å². The van der Waals surface area contributed by atoms with Gasteiger partial charge in [0, 0.05) is 30.8 Å². The Morgan fingerprint density at radius 3 is 2.03 bits per heavy atom. The zero-order valence-corrected chi connectivity index (χ0v) is 19.5. The van der Waals surface area contributed by atoms with Gasteiger partial charge in [-0.2, -0.15) is 0 Å². The monoisotopic (exact) mass is 466 g/mol. The SMILES string of the molecule is O=C(C1CCCCC1)N1CCC(C2(C(=O)Nc3ccc(-c4cc(F)cc(F)c4)cc3)CC2)CC1. The van der Waals surface area contributed by atoms with Crippen LogP contribution in [0.1, 0.15) is 57.8 Å². The number of halogens is 2. The van der Waals surface area contributed by atoms with Crippen molar-refractivity contribution in [2.45, 2.75) is 57.8 Å². The highest BCUT2D eigenvalue weighted by molar-refractivity contribution is 5.97. The van der Waals surface area contributed by atoms with Crippen molar-refractivity contribution >= 4 is 17.5 Å². The summed E-state index contributed by atoms with van der Waals surface area (Å²) in [5.41, 5.74) is 1.50. The van der Waals surface area contributed by atoms with Gasteiger partial charge < -0.3 is 10.2 Å². The summed E-state index contributed by atoms with van der Waals surface area (Å²) in [4.78, 5) is 28.1. The first-order valence-corrected chi connectivity index (χ1v) is 12.6. The maximum Gasteiger partial charge on any atom is 0.230 e. The van der Waals surface area contributed by atoms with Gasteiger partial charge >= 0.3 is 0 Å². The molecular formula is C28H32F2N2O2. The van der Waals surface area contributed by atoms with E-state index < -0.39 is 11.6 Å². The van der Waals surface area contributed by atoms with Crippen molar-refractivity contribution in [2.75, 3.05) is 18.4 Å². The van der Waals surface area contributed by atoms with Gasteiger partial charge in [-0.1, -0.05) is 31.4 Å². The Balaban J connectivity index is 1.18. The number of nitrogens with one attached hydrogen (secondary N) is 1. The number of carbonyl (C=O) groups is 2. The third-order valence-corrected chi connectivity index (χ3v) is 8.12. The number of likely N-dealkylation sites (tertiary alicyclic amines) is 1. The summed E-state index contributed by atoms with van der Waals surface area (Å²) in [6.45, 7) is 1.52. The molecule has 1 N–H and O–H groups in total. The maximum atomic E-state index is 13.5. The largest absolute Gasteiger partial charge is 0.342 e. The maximum absolute atomic E-state index is 13.5. The molecule has 0 spiro atoms. The van der Waals surface area contributed by atoms with Crippen LogP contribution >= 0.6 is 0 Å². The molecule has 2 aliphatic carbocycles. The number of anilines is 1. The van der Waals surface area contributed by atoms with Crippen molar-refractivity contribution in [1.29, 1.82) is 0 Å². The van der Waals surface area contributed by atoms with E-state index in [4.69, 9.17) is 0 Å². The first-order valence-electron chi connectivity index (χ1n) is 12.6. The van der Waals surface area contributed by atoms with E-state index in [2.05, 4.69) is 5.32 Å². The number of hydrogen-bond acceptors (Lipinski definition) is 2. The molecule has 5 rings (SSSR count). The molecule has 2 saturated carbocycles. The van der Waals surface area contributed by atoms with Crippen LogP contribution in [0.15, 0.2) is 42.5 Å². The number of hydrogen-bond donors (Lipinski definition) is 1. The van der Waals surface area contributed by atoms with Crippen molar-refractivity contribution in [2.24, 2.45) is 17.3 Å². The zero-order chi connectivity index (χ0) is 23.7. The number of carbonyl (C=O) groups excluding carboxylic acids is 2. The van der Waals surface area contributed by atoms with Crippen LogP contribution in [0.4, 0.5) is 14.5 Å². The minimum atomic E-state index is -0.616. The Bertz CT molecular complexity index is 1030. The molecule has 3 aliphatic rings. The molecule has 3 fully saturated rings. The fourth-order valence-corrected chi connectivity index (χ4v) is 5.94. The van der Waals surface area contributed by atoms with Crippen molar-refractivity contribution in [3.63, 3.8) is 0 Å². The fraction of sp³-hybridized carbons (Fsp3) is 0.500. The molecule has 0 bridgehead atoms. The predicted molar refractivity (Wildman–Crippen MR) is 128 cm³/mol. The van der Waals surface area contributed by atoms with E-state index in [9.17, 15) is 18.4 Å². The highest BCUT2D eigenvalue weighted by Crippen LogP contribution is 2.56. The molecule has 1 aliphatic heterocycles. The molecule has 0 unspecified atom stereocenters. The van der Waals surface area contributed by atoms with Gasteiger partial charge in [0.1, 0.15) is 11.6 Å². The molecule has 1 saturated heterocycles. The molecule has 6 heteroatoms. The summed E-state index contributed by atoms with van der Waals surface area (Å²) < 4.78 is 27.0. The summed E-state index contributed by atoms with van der Waals surface area (Å²) >= 11 is 0. The number of benzene rings is 2. The average molecular weight is 467 g/mol. The van der Waals surface area contributed by atoms with E-state index in [1.54, 1.807) is 24.3 Å². The van der Waals surface area contributed by atoms with Gasteiger partial charge in [0.05, 0.1) is 5.41 Å². The quantitative estimate of drug-likeness (QED) is 0.573. The Kier molecular flexibility index (Phi) is 6.41. The zero-order valence-electron chi connectivity index (χ0n) is 19.5. The Labute approximate surface area is 199 Å². The molecule has 0 radical (unpaired) electrons. The fourth-order valence-electron chi connectivity index (χ4n) is 5.94. The molecule has 34 heavy (non-hydrogen) atoms. The summed E-state index contributed by atoms with van der Waals surface area (Å²) in [5.74, 6) is -0.350. The summed E-state index contributed by atoms with van der Waals surface area (Å²) in [5, 5.41) is 3.06. The Hall–Kier alpha value is -2.76. The third-order valence-electron chi connectivity index (χ3n) is 8.12. The number of amides is 2. The summed E-state index contributed by atoms with van der Waals surface area (Å²) in [6, 6.07) is 10.5. The van der Waals surface area contributed by atoms with Gasteiger partial charge in [0.15, 0.2) is 0 Å². The van der Waals surface area contributed by atoms with Gasteiger partial charge in [-0.05, 0) is 79.8 Å². The van der Waals surface area contributed by atoms with Gasteiger partial charge in [-0.3, -0.25) is 9.59 Å². The van der Waals surface area contributed by atoms with Crippen LogP contribution in [0, 0.1) is 28.9 Å². The molecule has 2 aromatic carbocycles. The van der Waals surface area contributed by atoms with Crippen LogP contribution in [0.3, 0.4) is 0 Å². The standard InChI is InChI=1S/C28H32F2N2O2/c29-23-16-21(17-24(30)18-23)19-6-8-25(9-7-19)31-27(34)28(12-13-28)22-10-14-32(15-11-22)26(33)20-4-2-1-3-5-20/h6-9,16-18,20,22H,1-5,10-15H2,(H,31,34). The lowest BCUT2D eigenvalue weighted by molar-refractivity contribution is -0.138. The van der Waals surface area contributed by atoms with Crippen molar-refractivity contribution in [3.8, 4) is 11.1 Å². The lowest BCUT2D eigenvalue weighted by atomic mass is 9.80. The Morgan fingerprint density at radius 1 is 0.824 bits per heavy atom. The smallest absolute Gasteiger partial charge is 0.230 e. The van der Waals surface area contributed by atoms with Crippen LogP contribution < -0.4 is 5.32 Å².